The van der Waals surface area contributed by atoms with Crippen LogP contribution in [0.25, 0.3) is 0 Å². The van der Waals surface area contributed by atoms with Gasteiger partial charge in [0.25, 0.3) is 0 Å². The van der Waals surface area contributed by atoms with Crippen LogP contribution in [0.4, 0.5) is 11.6 Å². The lowest BCUT2D eigenvalue weighted by Crippen LogP contribution is -2.41. The van der Waals surface area contributed by atoms with Crippen molar-refractivity contribution in [3.63, 3.8) is 0 Å². The van der Waals surface area contributed by atoms with Crippen molar-refractivity contribution in [2.75, 3.05) is 57.9 Å². The van der Waals surface area contributed by atoms with Crippen LogP contribution in [-0.4, -0.2) is 95.2 Å². The molecule has 0 aliphatic carbocycles. The maximum absolute atomic E-state index is 12.9. The summed E-state index contributed by atoms with van der Waals surface area (Å²) in [6.45, 7) is 4.21. The van der Waals surface area contributed by atoms with Gasteiger partial charge in [-0.1, -0.05) is 24.3 Å². The number of benzene rings is 2. The number of nitrogen functional groups attached to an aromatic ring is 1. The van der Waals surface area contributed by atoms with Crippen LogP contribution in [0.2, 0.25) is 0 Å². The monoisotopic (exact) mass is 568 g/mol. The van der Waals surface area contributed by atoms with Gasteiger partial charge in [0.2, 0.25) is 5.91 Å². The third-order valence-corrected chi connectivity index (χ3v) is 8.05. The Balaban J connectivity index is 1.17. The number of anilines is 2. The van der Waals surface area contributed by atoms with Crippen LogP contribution in [0.15, 0.2) is 73.1 Å². The van der Waals surface area contributed by atoms with Gasteiger partial charge in [-0.2, -0.15) is 0 Å². The first kappa shape index (κ1) is 29.2. The van der Waals surface area contributed by atoms with Crippen LogP contribution in [0.3, 0.4) is 0 Å². The van der Waals surface area contributed by atoms with E-state index < -0.39 is 0 Å². The van der Waals surface area contributed by atoms with E-state index in [0.29, 0.717) is 41.8 Å². The molecule has 0 radical (unpaired) electrons. The van der Waals surface area contributed by atoms with E-state index in [0.717, 1.165) is 44.6 Å². The summed E-state index contributed by atoms with van der Waals surface area (Å²) in [5, 5.41) is 12.3. The third-order valence-electron chi connectivity index (χ3n) is 8.05. The molecule has 0 spiro atoms. The normalized spacial score (nSPS) is 18.1. The lowest BCUT2D eigenvalue weighted by Gasteiger charge is -2.34. The quantitative estimate of drug-likeness (QED) is 0.249. The Bertz CT molecular complexity index is 1390. The Kier molecular flexibility index (Phi) is 9.45. The summed E-state index contributed by atoms with van der Waals surface area (Å²) in [5.74, 6) is 2.15. The number of ether oxygens (including phenoxy) is 1. The van der Waals surface area contributed by atoms with Crippen LogP contribution in [0.5, 0.6) is 11.5 Å². The van der Waals surface area contributed by atoms with Gasteiger partial charge >= 0.3 is 0 Å². The third kappa shape index (κ3) is 7.32. The summed E-state index contributed by atoms with van der Waals surface area (Å²) in [5.41, 5.74) is 7.56. The number of carbonyl (C=O) groups is 1. The Morgan fingerprint density at radius 1 is 1.07 bits per heavy atom. The second-order valence-electron chi connectivity index (χ2n) is 11.1. The van der Waals surface area contributed by atoms with Gasteiger partial charge in [-0.15, -0.1) is 0 Å². The standard InChI is InChI=1S/C32H40N8O2/c1-38-18-15-25(16-19-38)39(2)17-6-9-28(41)40-20-14-24(21-40)37-32-29(31(34)35-22-36-32)30(33)23-10-12-27(13-11-23)42-26-7-4-3-5-8-26/h3-13,22,24-25,33H,14-21H2,1-2H3,(H3,34,35,36,37)/b9-6+,33-30?. The molecule has 1 atom stereocenters. The van der Waals surface area contributed by atoms with Crippen molar-refractivity contribution in [3.8, 4) is 11.5 Å². The number of carbonyl (C=O) groups excluding carboxylic acids is 1. The van der Waals surface area contributed by atoms with Gasteiger partial charge in [-0.3, -0.25) is 15.1 Å². The van der Waals surface area contributed by atoms with Gasteiger partial charge in [0.15, 0.2) is 0 Å². The van der Waals surface area contributed by atoms with E-state index >= 15 is 0 Å². The molecule has 2 aromatic carbocycles. The van der Waals surface area contributed by atoms with Gasteiger partial charge in [-0.05, 0) is 82.8 Å². The predicted octanol–water partition coefficient (Wildman–Crippen LogP) is 3.86. The zero-order valence-corrected chi connectivity index (χ0v) is 24.4. The minimum atomic E-state index is -0.00764. The Labute approximate surface area is 247 Å². The number of hydrogen-bond donors (Lipinski definition) is 3. The molecule has 4 N–H and O–H groups in total. The number of amides is 1. The lowest BCUT2D eigenvalue weighted by molar-refractivity contribution is -0.125. The number of nitrogens with two attached hydrogens (primary N) is 1. The fourth-order valence-electron chi connectivity index (χ4n) is 5.50. The molecule has 2 aliphatic heterocycles. The first-order valence-corrected chi connectivity index (χ1v) is 14.5. The average Bonchev–Trinajstić information content (AvgIpc) is 3.47. The smallest absolute Gasteiger partial charge is 0.246 e. The van der Waals surface area contributed by atoms with E-state index in [1.165, 1.54) is 6.33 Å². The van der Waals surface area contributed by atoms with Gasteiger partial charge in [0.1, 0.15) is 29.5 Å². The lowest BCUT2D eigenvalue weighted by atomic mass is 10.0. The molecule has 0 bridgehead atoms. The number of rotatable bonds is 10. The van der Waals surface area contributed by atoms with Gasteiger partial charge in [0.05, 0.1) is 11.3 Å². The van der Waals surface area contributed by atoms with E-state index in [1.54, 1.807) is 6.08 Å². The van der Waals surface area contributed by atoms with Crippen LogP contribution in [0.1, 0.15) is 30.4 Å². The fourth-order valence-corrected chi connectivity index (χ4v) is 5.50. The Morgan fingerprint density at radius 2 is 1.79 bits per heavy atom. The molecule has 1 amide bonds. The maximum Gasteiger partial charge on any atom is 0.246 e. The first-order chi connectivity index (χ1) is 20.4. The highest BCUT2D eigenvalue weighted by Gasteiger charge is 2.27. The van der Waals surface area contributed by atoms with Crippen molar-refractivity contribution in [3.05, 3.63) is 84.2 Å². The molecule has 5 rings (SSSR count). The minimum Gasteiger partial charge on any atom is -0.457 e. The summed E-state index contributed by atoms with van der Waals surface area (Å²) in [6, 6.07) is 17.4. The second kappa shape index (κ2) is 13.6. The maximum atomic E-state index is 12.9. The fraction of sp³-hybridized carbons (Fsp3) is 0.375. The SMILES string of the molecule is CN1CCC(N(C)C/C=C/C(=O)N2CCC(Nc3ncnc(N)c3C(=N)c3ccc(Oc4ccccc4)cc3)C2)CC1. The van der Waals surface area contributed by atoms with Crippen LogP contribution >= 0.6 is 0 Å². The van der Waals surface area contributed by atoms with Crippen molar-refractivity contribution in [1.82, 2.24) is 24.7 Å². The predicted molar refractivity (Wildman–Crippen MR) is 166 cm³/mol. The number of para-hydroxylation sites is 1. The molecule has 42 heavy (non-hydrogen) atoms. The molecular formula is C32H40N8O2. The highest BCUT2D eigenvalue weighted by Crippen LogP contribution is 2.26. The van der Waals surface area contributed by atoms with Crippen molar-refractivity contribution in [2.45, 2.75) is 31.3 Å². The molecule has 10 heteroatoms. The first-order valence-electron chi connectivity index (χ1n) is 14.5. The summed E-state index contributed by atoms with van der Waals surface area (Å²) >= 11 is 0. The summed E-state index contributed by atoms with van der Waals surface area (Å²) < 4.78 is 5.88. The Morgan fingerprint density at radius 3 is 2.52 bits per heavy atom. The number of likely N-dealkylation sites (N-methyl/N-ethyl adjacent to an activating group) is 1. The molecular weight excluding hydrogens is 528 g/mol. The number of aromatic nitrogens is 2. The zero-order valence-electron chi connectivity index (χ0n) is 24.4. The molecule has 3 aromatic rings. The van der Waals surface area contributed by atoms with E-state index in [4.69, 9.17) is 15.9 Å². The van der Waals surface area contributed by atoms with E-state index in [1.807, 2.05) is 65.6 Å². The van der Waals surface area contributed by atoms with Crippen LogP contribution in [0, 0.1) is 5.41 Å². The zero-order chi connectivity index (χ0) is 29.5. The van der Waals surface area contributed by atoms with Gasteiger partial charge < -0.3 is 25.6 Å². The average molecular weight is 569 g/mol. The van der Waals surface area contributed by atoms with Crippen molar-refractivity contribution in [1.29, 1.82) is 5.41 Å². The summed E-state index contributed by atoms with van der Waals surface area (Å²) in [4.78, 5) is 28.0. The number of likely N-dealkylation sites (tertiary alicyclic amines) is 2. The topological polar surface area (TPSA) is 124 Å². The number of hydrogen-bond acceptors (Lipinski definition) is 9. The molecule has 1 unspecified atom stereocenters. The largest absolute Gasteiger partial charge is 0.457 e. The molecule has 2 fully saturated rings. The number of nitrogens with zero attached hydrogens (tertiary/aromatic N) is 5. The molecule has 0 saturated carbocycles. The molecule has 10 nitrogen and oxygen atoms in total. The minimum absolute atomic E-state index is 0.00764. The Hall–Kier alpha value is -4.28. The van der Waals surface area contributed by atoms with Crippen molar-refractivity contribution in [2.24, 2.45) is 0 Å². The molecule has 2 saturated heterocycles. The molecule has 220 valence electrons. The highest BCUT2D eigenvalue weighted by atomic mass is 16.5. The molecule has 3 heterocycles. The molecule has 1 aromatic heterocycles. The number of piperidine rings is 1. The number of nitrogens with one attached hydrogen (secondary N) is 2. The van der Waals surface area contributed by atoms with E-state index in [-0.39, 0.29) is 23.5 Å². The summed E-state index contributed by atoms with van der Waals surface area (Å²) in [6.07, 6.45) is 8.17. The molecule has 2 aliphatic rings. The van der Waals surface area contributed by atoms with Crippen LogP contribution < -0.4 is 15.8 Å². The van der Waals surface area contributed by atoms with Gasteiger partial charge in [0, 0.05) is 43.4 Å². The van der Waals surface area contributed by atoms with E-state index in [2.05, 4.69) is 39.2 Å². The van der Waals surface area contributed by atoms with E-state index in [9.17, 15) is 4.79 Å². The summed E-state index contributed by atoms with van der Waals surface area (Å²) in [7, 11) is 4.30. The van der Waals surface area contributed by atoms with Gasteiger partial charge in [-0.25, -0.2) is 9.97 Å². The van der Waals surface area contributed by atoms with Crippen molar-refractivity contribution < 1.29 is 9.53 Å². The van der Waals surface area contributed by atoms with Crippen molar-refractivity contribution >= 4 is 23.3 Å². The highest BCUT2D eigenvalue weighted by molar-refractivity contribution is 6.16. The van der Waals surface area contributed by atoms with Crippen LogP contribution in [-0.2, 0) is 4.79 Å². The second-order valence-corrected chi connectivity index (χ2v) is 11.1.